The van der Waals surface area contributed by atoms with Crippen molar-refractivity contribution in [3.8, 4) is 0 Å². The van der Waals surface area contributed by atoms with Crippen LogP contribution < -0.4 is 0 Å². The predicted molar refractivity (Wildman–Crippen MR) is 80.8 cm³/mol. The van der Waals surface area contributed by atoms with Crippen molar-refractivity contribution in [2.24, 2.45) is 0 Å². The van der Waals surface area contributed by atoms with Crippen molar-refractivity contribution in [3.05, 3.63) is 47.3 Å². The van der Waals surface area contributed by atoms with Crippen molar-refractivity contribution in [2.45, 2.75) is 32.4 Å². The standard InChI is InChI=1S/C16H21FN4O/c1-3-15-18-16(20-19-15)14-10-21(8-9-22-14)11(2)12-6-4-5-7-13(12)17/h4-7,11,14H,3,8-10H2,1-2H3,(H,18,19,20)/t11-,14-/m0/s1. The molecule has 3 rings (SSSR count). The summed E-state index contributed by atoms with van der Waals surface area (Å²) in [7, 11) is 0. The zero-order valence-electron chi connectivity index (χ0n) is 12.9. The third-order valence-corrected chi connectivity index (χ3v) is 4.17. The number of aryl methyl sites for hydroxylation is 1. The summed E-state index contributed by atoms with van der Waals surface area (Å²) in [4.78, 5) is 6.66. The molecule has 1 aliphatic rings. The molecule has 0 unspecified atom stereocenters. The summed E-state index contributed by atoms with van der Waals surface area (Å²) in [6.45, 7) is 6.09. The zero-order valence-corrected chi connectivity index (χ0v) is 12.9. The first-order chi connectivity index (χ1) is 10.7. The fourth-order valence-corrected chi connectivity index (χ4v) is 2.80. The fourth-order valence-electron chi connectivity index (χ4n) is 2.80. The Kier molecular flexibility index (Phi) is 4.49. The monoisotopic (exact) mass is 304 g/mol. The van der Waals surface area contributed by atoms with Crippen LogP contribution in [0.15, 0.2) is 24.3 Å². The molecule has 1 aromatic carbocycles. The molecular weight excluding hydrogens is 283 g/mol. The van der Waals surface area contributed by atoms with E-state index in [-0.39, 0.29) is 18.0 Å². The molecule has 5 nitrogen and oxygen atoms in total. The summed E-state index contributed by atoms with van der Waals surface area (Å²) in [5.74, 6) is 1.38. The van der Waals surface area contributed by atoms with Crippen LogP contribution in [0.2, 0.25) is 0 Å². The summed E-state index contributed by atoms with van der Waals surface area (Å²) in [5.41, 5.74) is 0.715. The molecule has 2 aromatic rings. The minimum Gasteiger partial charge on any atom is -0.367 e. The number of nitrogens with zero attached hydrogens (tertiary/aromatic N) is 3. The molecule has 1 aliphatic heterocycles. The summed E-state index contributed by atoms with van der Waals surface area (Å²) in [6.07, 6.45) is 0.647. The third kappa shape index (κ3) is 3.03. The van der Waals surface area contributed by atoms with Crippen molar-refractivity contribution in [1.82, 2.24) is 20.1 Å². The van der Waals surface area contributed by atoms with Crippen LogP contribution in [0.4, 0.5) is 4.39 Å². The molecule has 0 radical (unpaired) electrons. The lowest BCUT2D eigenvalue weighted by Gasteiger charge is -2.36. The first-order valence-electron chi connectivity index (χ1n) is 7.70. The van der Waals surface area contributed by atoms with E-state index in [2.05, 4.69) is 20.1 Å². The number of benzene rings is 1. The molecule has 22 heavy (non-hydrogen) atoms. The number of aromatic nitrogens is 3. The number of nitrogens with one attached hydrogen (secondary N) is 1. The highest BCUT2D eigenvalue weighted by molar-refractivity contribution is 5.21. The Morgan fingerprint density at radius 3 is 3.00 bits per heavy atom. The van der Waals surface area contributed by atoms with Crippen LogP contribution in [-0.4, -0.2) is 39.8 Å². The Balaban J connectivity index is 1.74. The van der Waals surface area contributed by atoms with Crippen LogP contribution in [-0.2, 0) is 11.2 Å². The number of hydrogen-bond donors (Lipinski definition) is 1. The lowest BCUT2D eigenvalue weighted by atomic mass is 10.1. The fraction of sp³-hybridized carbons (Fsp3) is 0.500. The summed E-state index contributed by atoms with van der Waals surface area (Å²) in [6, 6.07) is 6.93. The van der Waals surface area contributed by atoms with Crippen LogP contribution >= 0.6 is 0 Å². The van der Waals surface area contributed by atoms with Crippen molar-refractivity contribution in [3.63, 3.8) is 0 Å². The lowest BCUT2D eigenvalue weighted by Crippen LogP contribution is -2.40. The molecule has 1 N–H and O–H groups in total. The second-order valence-electron chi connectivity index (χ2n) is 5.55. The molecule has 1 aromatic heterocycles. The number of halogens is 1. The zero-order chi connectivity index (χ0) is 15.5. The normalized spacial score (nSPS) is 21.0. The molecule has 0 bridgehead atoms. The van der Waals surface area contributed by atoms with Crippen LogP contribution in [0.5, 0.6) is 0 Å². The number of hydrogen-bond acceptors (Lipinski definition) is 4. The molecule has 1 fully saturated rings. The van der Waals surface area contributed by atoms with Gasteiger partial charge in [-0.1, -0.05) is 25.1 Å². The number of morpholine rings is 1. The molecule has 6 heteroatoms. The van der Waals surface area contributed by atoms with Gasteiger partial charge >= 0.3 is 0 Å². The molecule has 2 heterocycles. The molecule has 0 amide bonds. The summed E-state index contributed by atoms with van der Waals surface area (Å²) >= 11 is 0. The average Bonchev–Trinajstić information content (AvgIpc) is 3.04. The molecule has 0 saturated carbocycles. The largest absolute Gasteiger partial charge is 0.367 e. The van der Waals surface area contributed by atoms with Gasteiger partial charge in [0, 0.05) is 31.1 Å². The van der Waals surface area contributed by atoms with Gasteiger partial charge in [0.1, 0.15) is 17.7 Å². The smallest absolute Gasteiger partial charge is 0.180 e. The van der Waals surface area contributed by atoms with Crippen LogP contribution in [0.25, 0.3) is 0 Å². The second kappa shape index (κ2) is 6.54. The van der Waals surface area contributed by atoms with E-state index in [0.717, 1.165) is 18.8 Å². The minimum absolute atomic E-state index is 0.00260. The highest BCUT2D eigenvalue weighted by Crippen LogP contribution is 2.28. The van der Waals surface area contributed by atoms with E-state index >= 15 is 0 Å². The van der Waals surface area contributed by atoms with E-state index in [1.807, 2.05) is 26.0 Å². The Morgan fingerprint density at radius 1 is 1.45 bits per heavy atom. The van der Waals surface area contributed by atoms with E-state index in [0.29, 0.717) is 24.5 Å². The Labute approximate surface area is 129 Å². The molecular formula is C16H21FN4O. The van der Waals surface area contributed by atoms with Gasteiger partial charge in [-0.15, -0.1) is 0 Å². The van der Waals surface area contributed by atoms with E-state index in [9.17, 15) is 4.39 Å². The van der Waals surface area contributed by atoms with Crippen LogP contribution in [0.1, 0.15) is 43.2 Å². The van der Waals surface area contributed by atoms with E-state index in [4.69, 9.17) is 4.74 Å². The second-order valence-corrected chi connectivity index (χ2v) is 5.55. The maximum atomic E-state index is 14.0. The predicted octanol–water partition coefficient (Wildman–Crippen LogP) is 2.64. The lowest BCUT2D eigenvalue weighted by molar-refractivity contribution is -0.0474. The van der Waals surface area contributed by atoms with Gasteiger partial charge in [0.2, 0.25) is 0 Å². The highest BCUT2D eigenvalue weighted by atomic mass is 19.1. The van der Waals surface area contributed by atoms with Gasteiger partial charge in [0.15, 0.2) is 5.82 Å². The van der Waals surface area contributed by atoms with Crippen LogP contribution in [0.3, 0.4) is 0 Å². The minimum atomic E-state index is -0.167. The van der Waals surface area contributed by atoms with Gasteiger partial charge in [0.05, 0.1) is 6.61 Å². The Bertz CT molecular complexity index is 630. The van der Waals surface area contributed by atoms with E-state index < -0.39 is 0 Å². The van der Waals surface area contributed by atoms with Gasteiger partial charge in [-0.05, 0) is 13.0 Å². The molecule has 1 saturated heterocycles. The average molecular weight is 304 g/mol. The quantitative estimate of drug-likeness (QED) is 0.943. The number of H-pyrrole nitrogens is 1. The number of ether oxygens (including phenoxy) is 1. The third-order valence-electron chi connectivity index (χ3n) is 4.17. The van der Waals surface area contributed by atoms with Gasteiger partial charge in [0.25, 0.3) is 0 Å². The van der Waals surface area contributed by atoms with Crippen molar-refractivity contribution in [1.29, 1.82) is 0 Å². The topological polar surface area (TPSA) is 54.0 Å². The first-order valence-corrected chi connectivity index (χ1v) is 7.70. The SMILES string of the molecule is CCc1nc([C@@H]2CN([C@@H](C)c3ccccc3F)CCO2)n[nH]1. The van der Waals surface area contributed by atoms with Crippen molar-refractivity contribution in [2.75, 3.05) is 19.7 Å². The van der Waals surface area contributed by atoms with E-state index in [1.165, 1.54) is 6.07 Å². The first kappa shape index (κ1) is 15.1. The maximum absolute atomic E-state index is 14.0. The van der Waals surface area contributed by atoms with Crippen molar-refractivity contribution >= 4 is 0 Å². The van der Waals surface area contributed by atoms with Gasteiger partial charge < -0.3 is 4.74 Å². The Hall–Kier alpha value is -1.79. The maximum Gasteiger partial charge on any atom is 0.180 e. The highest BCUT2D eigenvalue weighted by Gasteiger charge is 2.29. The summed E-state index contributed by atoms with van der Waals surface area (Å²) in [5, 5.41) is 7.15. The van der Waals surface area contributed by atoms with Crippen LogP contribution in [0, 0.1) is 5.82 Å². The molecule has 0 spiro atoms. The van der Waals surface area contributed by atoms with Crippen molar-refractivity contribution < 1.29 is 9.13 Å². The number of rotatable bonds is 4. The summed E-state index contributed by atoms with van der Waals surface area (Å²) < 4.78 is 19.8. The molecule has 2 atom stereocenters. The Morgan fingerprint density at radius 2 is 2.27 bits per heavy atom. The van der Waals surface area contributed by atoms with Gasteiger partial charge in [-0.2, -0.15) is 5.10 Å². The van der Waals surface area contributed by atoms with Gasteiger partial charge in [-0.25, -0.2) is 9.37 Å². The molecule has 118 valence electrons. The van der Waals surface area contributed by atoms with Gasteiger partial charge in [-0.3, -0.25) is 10.00 Å². The van der Waals surface area contributed by atoms with E-state index in [1.54, 1.807) is 6.07 Å². The molecule has 0 aliphatic carbocycles. The number of aromatic amines is 1.